The fraction of sp³-hybridized carbons (Fsp3) is 0.364. The molecule has 1 aromatic carbocycles. The minimum Gasteiger partial charge on any atom is -0.497 e. The summed E-state index contributed by atoms with van der Waals surface area (Å²) < 4.78 is 5.12. The van der Waals surface area contributed by atoms with E-state index < -0.39 is 0 Å². The van der Waals surface area contributed by atoms with Crippen LogP contribution in [-0.2, 0) is 4.79 Å². The molecule has 0 saturated carbocycles. The van der Waals surface area contributed by atoms with Gasteiger partial charge >= 0.3 is 0 Å². The van der Waals surface area contributed by atoms with Crippen LogP contribution in [0.1, 0.15) is 17.9 Å². The van der Waals surface area contributed by atoms with Crippen molar-refractivity contribution in [3.63, 3.8) is 0 Å². The second kappa shape index (κ2) is 3.70. The third kappa shape index (κ3) is 1.58. The Balaban J connectivity index is 2.26. The third-order valence-electron chi connectivity index (χ3n) is 2.54. The highest BCUT2D eigenvalue weighted by Crippen LogP contribution is 2.26. The van der Waals surface area contributed by atoms with Gasteiger partial charge in [-0.25, -0.2) is 0 Å². The number of hydrogen-bond acceptors (Lipinski definition) is 2. The third-order valence-corrected chi connectivity index (χ3v) is 2.54. The molecule has 1 aromatic rings. The monoisotopic (exact) mass is 191 g/mol. The lowest BCUT2D eigenvalue weighted by Crippen LogP contribution is -2.17. The zero-order chi connectivity index (χ0) is 9.97. The van der Waals surface area contributed by atoms with E-state index in [0.717, 1.165) is 24.3 Å². The van der Waals surface area contributed by atoms with Gasteiger partial charge in [-0.15, -0.1) is 0 Å². The summed E-state index contributed by atoms with van der Waals surface area (Å²) in [4.78, 5) is 11.4. The average molecular weight is 191 g/mol. The number of hydrogen-bond donors (Lipinski definition) is 1. The second-order valence-electron chi connectivity index (χ2n) is 3.41. The molecule has 0 bridgehead atoms. The van der Waals surface area contributed by atoms with Gasteiger partial charge in [-0.3, -0.25) is 4.79 Å². The molecule has 1 N–H and O–H groups in total. The van der Waals surface area contributed by atoms with Gasteiger partial charge < -0.3 is 10.1 Å². The number of methoxy groups -OCH3 is 1. The lowest BCUT2D eigenvalue weighted by atomic mass is 9.98. The molecule has 3 nitrogen and oxygen atoms in total. The molecule has 0 unspecified atom stereocenters. The topological polar surface area (TPSA) is 38.3 Å². The first-order valence-electron chi connectivity index (χ1n) is 4.73. The van der Waals surface area contributed by atoms with E-state index >= 15 is 0 Å². The van der Waals surface area contributed by atoms with Crippen LogP contribution in [0.5, 0.6) is 5.75 Å². The average Bonchev–Trinajstić information content (AvgIpc) is 2.65. The Morgan fingerprint density at radius 2 is 2.36 bits per heavy atom. The SMILES string of the molecule is COc1cccc([C@@H]2CCNC2=O)c1. The highest BCUT2D eigenvalue weighted by Gasteiger charge is 2.25. The number of carbonyl (C=O) groups is 1. The van der Waals surface area contributed by atoms with Crippen LogP contribution in [0.4, 0.5) is 0 Å². The predicted octanol–water partition coefficient (Wildman–Crippen LogP) is 1.30. The lowest BCUT2D eigenvalue weighted by molar-refractivity contribution is -0.120. The normalized spacial score (nSPS) is 20.6. The van der Waals surface area contributed by atoms with Crippen LogP contribution in [0, 0.1) is 0 Å². The summed E-state index contributed by atoms with van der Waals surface area (Å²) in [7, 11) is 1.63. The van der Waals surface area contributed by atoms with E-state index in [0.29, 0.717) is 0 Å². The van der Waals surface area contributed by atoms with Crippen molar-refractivity contribution in [2.24, 2.45) is 0 Å². The van der Waals surface area contributed by atoms with E-state index in [1.54, 1.807) is 7.11 Å². The maximum atomic E-state index is 11.4. The molecule has 3 heteroatoms. The number of amides is 1. The molecule has 1 atom stereocenters. The lowest BCUT2D eigenvalue weighted by Gasteiger charge is -2.08. The van der Waals surface area contributed by atoms with Gasteiger partial charge in [0.2, 0.25) is 5.91 Å². The van der Waals surface area contributed by atoms with Crippen molar-refractivity contribution in [1.29, 1.82) is 0 Å². The predicted molar refractivity (Wildman–Crippen MR) is 53.4 cm³/mol. The highest BCUT2D eigenvalue weighted by molar-refractivity contribution is 5.85. The Morgan fingerprint density at radius 3 is 3.00 bits per heavy atom. The first-order valence-corrected chi connectivity index (χ1v) is 4.73. The van der Waals surface area contributed by atoms with E-state index in [-0.39, 0.29) is 11.8 Å². The molecule has 1 aliphatic heterocycles. The second-order valence-corrected chi connectivity index (χ2v) is 3.41. The van der Waals surface area contributed by atoms with Gasteiger partial charge in [0.25, 0.3) is 0 Å². The fourth-order valence-electron chi connectivity index (χ4n) is 1.77. The Bertz CT molecular complexity index is 349. The van der Waals surface area contributed by atoms with E-state index in [9.17, 15) is 4.79 Å². The zero-order valence-electron chi connectivity index (χ0n) is 8.12. The molecule has 74 valence electrons. The molecule has 1 amide bonds. The molecule has 14 heavy (non-hydrogen) atoms. The first kappa shape index (κ1) is 9.06. The van der Waals surface area contributed by atoms with Crippen LogP contribution in [0.2, 0.25) is 0 Å². The Hall–Kier alpha value is -1.51. The van der Waals surface area contributed by atoms with Crippen molar-refractivity contribution in [3.05, 3.63) is 29.8 Å². The van der Waals surface area contributed by atoms with E-state index in [4.69, 9.17) is 4.74 Å². The number of nitrogens with one attached hydrogen (secondary N) is 1. The molecule has 2 rings (SSSR count). The summed E-state index contributed by atoms with van der Waals surface area (Å²) in [6.07, 6.45) is 0.881. The molecule has 0 spiro atoms. The van der Waals surface area contributed by atoms with Gasteiger partial charge in [0.05, 0.1) is 13.0 Å². The number of benzene rings is 1. The number of rotatable bonds is 2. The maximum absolute atomic E-state index is 11.4. The molecule has 1 fully saturated rings. The fourth-order valence-corrected chi connectivity index (χ4v) is 1.77. The summed E-state index contributed by atoms with van der Waals surface area (Å²) in [5, 5.41) is 2.83. The molecule has 1 heterocycles. The van der Waals surface area contributed by atoms with Crippen LogP contribution in [0.15, 0.2) is 24.3 Å². The zero-order valence-corrected chi connectivity index (χ0v) is 8.12. The van der Waals surface area contributed by atoms with Crippen LogP contribution >= 0.6 is 0 Å². The summed E-state index contributed by atoms with van der Waals surface area (Å²) in [6.45, 7) is 0.778. The van der Waals surface area contributed by atoms with Crippen molar-refractivity contribution >= 4 is 5.91 Å². The van der Waals surface area contributed by atoms with Crippen LogP contribution < -0.4 is 10.1 Å². The van der Waals surface area contributed by atoms with Crippen LogP contribution in [-0.4, -0.2) is 19.6 Å². The van der Waals surface area contributed by atoms with Gasteiger partial charge in [0, 0.05) is 6.54 Å². The van der Waals surface area contributed by atoms with E-state index in [1.807, 2.05) is 24.3 Å². The molecule has 1 aliphatic rings. The number of ether oxygens (including phenoxy) is 1. The summed E-state index contributed by atoms with van der Waals surface area (Å²) >= 11 is 0. The van der Waals surface area contributed by atoms with Gasteiger partial charge in [-0.1, -0.05) is 12.1 Å². The van der Waals surface area contributed by atoms with Crippen molar-refractivity contribution in [2.75, 3.05) is 13.7 Å². The summed E-state index contributed by atoms with van der Waals surface area (Å²) in [6, 6.07) is 7.70. The van der Waals surface area contributed by atoms with Crippen LogP contribution in [0.3, 0.4) is 0 Å². The quantitative estimate of drug-likeness (QED) is 0.765. The van der Waals surface area contributed by atoms with Crippen molar-refractivity contribution < 1.29 is 9.53 Å². The van der Waals surface area contributed by atoms with E-state index in [1.165, 1.54) is 0 Å². The van der Waals surface area contributed by atoms with Crippen LogP contribution in [0.25, 0.3) is 0 Å². The Kier molecular flexibility index (Phi) is 2.39. The largest absolute Gasteiger partial charge is 0.497 e. The Labute approximate surface area is 83.1 Å². The first-order chi connectivity index (χ1) is 6.81. The standard InChI is InChI=1S/C11H13NO2/c1-14-9-4-2-3-8(7-9)10-5-6-12-11(10)13/h2-4,7,10H,5-6H2,1H3,(H,12,13)/t10-/m0/s1. The van der Waals surface area contributed by atoms with Crippen molar-refractivity contribution in [1.82, 2.24) is 5.32 Å². The Morgan fingerprint density at radius 1 is 1.50 bits per heavy atom. The minimum absolute atomic E-state index is 0.00472. The molecule has 1 saturated heterocycles. The summed E-state index contributed by atoms with van der Waals surface area (Å²) in [5.41, 5.74) is 1.04. The van der Waals surface area contributed by atoms with Crippen molar-refractivity contribution in [3.8, 4) is 5.75 Å². The van der Waals surface area contributed by atoms with Gasteiger partial charge in [0.15, 0.2) is 0 Å². The smallest absolute Gasteiger partial charge is 0.227 e. The van der Waals surface area contributed by atoms with Gasteiger partial charge in [0.1, 0.15) is 5.75 Å². The summed E-state index contributed by atoms with van der Waals surface area (Å²) in [5.74, 6) is 0.936. The van der Waals surface area contributed by atoms with Crippen molar-refractivity contribution in [2.45, 2.75) is 12.3 Å². The van der Waals surface area contributed by atoms with E-state index in [2.05, 4.69) is 5.32 Å². The van der Waals surface area contributed by atoms with Gasteiger partial charge in [-0.05, 0) is 24.1 Å². The van der Waals surface area contributed by atoms with Gasteiger partial charge in [-0.2, -0.15) is 0 Å². The molecular weight excluding hydrogens is 178 g/mol. The highest BCUT2D eigenvalue weighted by atomic mass is 16.5. The number of carbonyl (C=O) groups excluding carboxylic acids is 1. The molecule has 0 aromatic heterocycles. The maximum Gasteiger partial charge on any atom is 0.227 e. The molecule has 0 radical (unpaired) electrons. The molecular formula is C11H13NO2. The minimum atomic E-state index is 0.00472. The molecule has 0 aliphatic carbocycles.